The van der Waals surface area contributed by atoms with E-state index in [2.05, 4.69) is 24.1 Å². The molecule has 0 atom stereocenters. The third-order valence-electron chi connectivity index (χ3n) is 12.1. The summed E-state index contributed by atoms with van der Waals surface area (Å²) in [4.78, 5) is 6.62. The van der Waals surface area contributed by atoms with E-state index in [1.54, 1.807) is 37.4 Å². The van der Waals surface area contributed by atoms with Gasteiger partial charge in [0, 0.05) is 0 Å². The first-order chi connectivity index (χ1) is 32.6. The van der Waals surface area contributed by atoms with Crippen molar-refractivity contribution in [2.24, 2.45) is 0 Å². The van der Waals surface area contributed by atoms with Gasteiger partial charge in [-0.05, 0) is 0 Å². The molecule has 7 aromatic rings. The van der Waals surface area contributed by atoms with Gasteiger partial charge in [0.25, 0.3) is 0 Å². The van der Waals surface area contributed by atoms with Crippen LogP contribution in [0.2, 0.25) is 6.32 Å². The van der Waals surface area contributed by atoms with Crippen LogP contribution in [0.15, 0.2) is 160 Å². The normalized spacial score (nSPS) is 14.2. The molecule has 0 fully saturated rings. The van der Waals surface area contributed by atoms with Gasteiger partial charge in [-0.25, -0.2) is 0 Å². The van der Waals surface area contributed by atoms with Crippen LogP contribution < -0.4 is 16.5 Å². The van der Waals surface area contributed by atoms with E-state index in [-0.39, 0.29) is 62.3 Å². The van der Waals surface area contributed by atoms with Gasteiger partial charge in [0.2, 0.25) is 0 Å². The van der Waals surface area contributed by atoms with Crippen LogP contribution >= 0.6 is 0 Å². The Bertz CT molecular complexity index is 3360. The van der Waals surface area contributed by atoms with Crippen LogP contribution in [-0.2, 0) is 12.3 Å². The Morgan fingerprint density at radius 1 is 0.750 bits per heavy atom. The number of nitrogens with one attached hydrogen (secondary N) is 1. The molecule has 0 saturated heterocycles. The van der Waals surface area contributed by atoms with Crippen molar-refractivity contribution in [3.8, 4) is 31.0 Å². The number of halogens is 2. The number of para-hydroxylation sites is 4. The summed E-state index contributed by atoms with van der Waals surface area (Å²) in [5.74, 6) is -0.00275. The summed E-state index contributed by atoms with van der Waals surface area (Å²) in [5.41, 5.74) is 6.33. The molecule has 5 aromatic carbocycles. The minimum absolute atomic E-state index is 0.0149. The van der Waals surface area contributed by atoms with E-state index >= 15 is 8.78 Å². The molecule has 0 aliphatic carbocycles. The van der Waals surface area contributed by atoms with Gasteiger partial charge in [-0.15, -0.1) is 18.3 Å². The van der Waals surface area contributed by atoms with E-state index in [9.17, 15) is 0 Å². The number of alkyl halides is 2. The molecule has 0 spiro atoms. The summed E-state index contributed by atoms with van der Waals surface area (Å²) < 4.78 is 42.9. The standard InChI is InChI=1S/C50H32B8F2N4.C2H2.CH2.Pb/c1-4-34(46(56)48(58)39(54)28-51)37-17-11-13-30(25-38(53)47(57)45(55)29(2)52)49(37)62-40-18-6-8-20-42(40)63(3)33-15-12-14-31(26-33)50(59,60)32-22-23-36-35-16-5-7-19-41(35)64(43(36)27-32)44-21-9-10-24-61-44;1-2;;/h1,5-24,62H,25,28H2,2-3H3;1-2H;1H2;/b45-29-,46-34-,47-38-,48-39-;;;. The van der Waals surface area contributed by atoms with Gasteiger partial charge in [-0.3, -0.25) is 0 Å². The molecular formula is C53H36B8F2N4Pb. The molecule has 1 aliphatic heterocycles. The zero-order valence-corrected chi connectivity index (χ0v) is 41.5. The number of benzene rings is 5. The predicted octanol–water partition coefficient (Wildman–Crippen LogP) is 7.32. The second-order valence-electron chi connectivity index (χ2n) is 16.0. The molecule has 15 heteroatoms. The fourth-order valence-electron chi connectivity index (χ4n) is 8.66. The topological polar surface area (TPSA) is 33.1 Å². The molecule has 3 heterocycles. The molecule has 1 aliphatic rings. The van der Waals surface area contributed by atoms with Crippen LogP contribution in [0.1, 0.15) is 29.2 Å². The van der Waals surface area contributed by atoms with Gasteiger partial charge in [-0.1, -0.05) is 13.2 Å². The number of anilines is 4. The number of fused-ring (bicyclic) bond motifs is 6. The summed E-state index contributed by atoms with van der Waals surface area (Å²) in [5, 5.41) is 5.43. The number of terminal acetylenes is 2. The Balaban J connectivity index is 0.00000338. The Morgan fingerprint density at radius 2 is 1.40 bits per heavy atom. The molecule has 0 amide bonds. The number of pyridine rings is 1. The van der Waals surface area contributed by atoms with E-state index in [4.69, 9.17) is 78.2 Å². The Hall–Kier alpha value is -6.10. The number of hydrogen-bond acceptors (Lipinski definition) is 3. The zero-order chi connectivity index (χ0) is 49.2. The molecule has 0 bridgehead atoms. The Labute approximate surface area is 416 Å². The van der Waals surface area contributed by atoms with Gasteiger partial charge in [-0.2, -0.15) is 0 Å². The van der Waals surface area contributed by atoms with Crippen LogP contribution in [0.5, 0.6) is 0 Å². The van der Waals surface area contributed by atoms with Crippen LogP contribution in [0.25, 0.3) is 33.2 Å². The van der Waals surface area contributed by atoms with Crippen molar-refractivity contribution in [1.82, 2.24) is 9.55 Å². The summed E-state index contributed by atoms with van der Waals surface area (Å²) in [7, 11) is 52.0. The number of hydrogen-bond donors (Lipinski definition) is 1. The van der Waals surface area contributed by atoms with Crippen molar-refractivity contribution in [2.75, 3.05) is 17.3 Å². The minimum atomic E-state index is -3.76. The van der Waals surface area contributed by atoms with Crippen molar-refractivity contribution < 1.29 is 8.78 Å². The van der Waals surface area contributed by atoms with Gasteiger partial charge < -0.3 is 0 Å². The summed E-state index contributed by atoms with van der Waals surface area (Å²) >= 11 is -3.76. The fourth-order valence-corrected chi connectivity index (χ4v) is 18.3. The molecule has 2 aromatic heterocycles. The summed E-state index contributed by atoms with van der Waals surface area (Å²) in [6, 6.07) is 35.0. The molecule has 4 nitrogen and oxygen atoms in total. The van der Waals surface area contributed by atoms with Crippen molar-refractivity contribution in [2.45, 2.75) is 25.6 Å². The van der Waals surface area contributed by atoms with Gasteiger partial charge in [0.15, 0.2) is 0 Å². The van der Waals surface area contributed by atoms with E-state index in [0.29, 0.717) is 56.9 Å². The Kier molecular flexibility index (Phi) is 15.1. The van der Waals surface area contributed by atoms with E-state index < -0.39 is 28.1 Å². The van der Waals surface area contributed by atoms with Crippen molar-refractivity contribution >= 4 is 145 Å². The number of aromatic nitrogens is 2. The molecule has 0 saturated carbocycles. The fraction of sp³-hybridized carbons (Fsp3) is 0.0943. The average molecular weight is 1060 g/mol. The SMILES string of the molecule is C#C.[B]C/C([B])=C([B])\C([B])=C(/C#C)c1cccc(C/C([B])=C([B])\C([B])=C(\[B])C)c1Nc1ccccc1N(C)c1cccc2[c]1[Pb](=[CH2])[c]1c(ccc3c4ccccc4n(-c4ccccn4)c13)C2(F)F. The van der Waals surface area contributed by atoms with Crippen LogP contribution in [0.4, 0.5) is 31.5 Å². The van der Waals surface area contributed by atoms with Crippen molar-refractivity contribution in [1.29, 1.82) is 0 Å². The summed E-state index contributed by atoms with van der Waals surface area (Å²) in [6.07, 6.45) is 15.9. The number of rotatable bonds is 11. The van der Waals surface area contributed by atoms with E-state index in [1.165, 1.54) is 6.07 Å². The number of nitrogens with zero attached hydrogens (tertiary/aromatic N) is 3. The summed E-state index contributed by atoms with van der Waals surface area (Å²) in [6.45, 7) is 1.63. The molecule has 8 rings (SSSR count). The third kappa shape index (κ3) is 8.89. The molecular weight excluding hydrogens is 1020 g/mol. The Morgan fingerprint density at radius 3 is 2.09 bits per heavy atom. The first-order valence-electron chi connectivity index (χ1n) is 21.2. The van der Waals surface area contributed by atoms with Gasteiger partial charge in [0.05, 0.1) is 7.85 Å². The van der Waals surface area contributed by atoms with Crippen LogP contribution in [0, 0.1) is 25.2 Å². The monoisotopic (exact) mass is 1060 g/mol. The molecule has 310 valence electrons. The van der Waals surface area contributed by atoms with E-state index in [1.807, 2.05) is 101 Å². The molecule has 0 unspecified atom stereocenters. The second-order valence-corrected chi connectivity index (χ2v) is 23.6. The number of allylic oxidation sites excluding steroid dienone is 8. The molecule has 1 N–H and O–H groups in total. The first kappa shape index (κ1) is 49.8. The van der Waals surface area contributed by atoms with Crippen molar-refractivity contribution in [3.05, 3.63) is 182 Å². The second kappa shape index (κ2) is 20.6. The third-order valence-corrected chi connectivity index (χ3v) is 20.8. The van der Waals surface area contributed by atoms with Gasteiger partial charge in [0.1, 0.15) is 23.5 Å². The van der Waals surface area contributed by atoms with Crippen molar-refractivity contribution in [3.63, 3.8) is 0 Å². The van der Waals surface area contributed by atoms with Crippen LogP contribution in [-0.4, -0.2) is 106 Å². The molecule has 16 radical (unpaired) electrons. The average Bonchev–Trinajstić information content (AvgIpc) is 3.70. The predicted molar refractivity (Wildman–Crippen MR) is 291 cm³/mol. The zero-order valence-electron chi connectivity index (χ0n) is 37.6. The molecule has 68 heavy (non-hydrogen) atoms. The van der Waals surface area contributed by atoms with Gasteiger partial charge >= 0.3 is 357 Å². The van der Waals surface area contributed by atoms with E-state index in [0.717, 1.165) is 16.3 Å². The quantitative estimate of drug-likeness (QED) is 0.0839. The first-order valence-corrected chi connectivity index (χ1v) is 27.9. The van der Waals surface area contributed by atoms with Crippen LogP contribution in [0.3, 0.4) is 0 Å². The maximum absolute atomic E-state index is 17.4. The maximum atomic E-state index is 17.4.